The Hall–Kier alpha value is -0.870. The van der Waals surface area contributed by atoms with Gasteiger partial charge in [0.25, 0.3) is 0 Å². The Morgan fingerprint density at radius 3 is 3.00 bits per heavy atom. The first kappa shape index (κ1) is 9.68. The van der Waals surface area contributed by atoms with Gasteiger partial charge in [-0.15, -0.1) is 11.3 Å². The number of rotatable bonds is 3. The lowest BCUT2D eigenvalue weighted by atomic mass is 10.3. The quantitative estimate of drug-likeness (QED) is 0.810. The van der Waals surface area contributed by atoms with Gasteiger partial charge in [0, 0.05) is 18.0 Å². The number of nitrogens with two attached hydrogens (primary N) is 1. The van der Waals surface area contributed by atoms with Gasteiger partial charge < -0.3 is 10.6 Å². The molecule has 0 aromatic carbocycles. The van der Waals surface area contributed by atoms with Crippen LogP contribution < -0.4 is 5.73 Å². The Morgan fingerprint density at radius 2 is 2.50 bits per heavy atom. The molecule has 2 unspecified atom stereocenters. The predicted molar refractivity (Wildman–Crippen MR) is 56.9 cm³/mol. The van der Waals surface area contributed by atoms with E-state index in [1.54, 1.807) is 16.2 Å². The Bertz CT molecular complexity index is 323. The highest BCUT2D eigenvalue weighted by atomic mass is 32.1. The average Bonchev–Trinajstić information content (AvgIpc) is 2.65. The molecule has 0 radical (unpaired) electrons. The molecule has 1 aliphatic rings. The van der Waals surface area contributed by atoms with E-state index < -0.39 is 0 Å². The molecule has 2 atom stereocenters. The highest BCUT2D eigenvalue weighted by Gasteiger charge is 2.41. The zero-order chi connectivity index (χ0) is 10.1. The van der Waals surface area contributed by atoms with Crippen molar-refractivity contribution in [3.05, 3.63) is 22.4 Å². The van der Waals surface area contributed by atoms with Crippen molar-refractivity contribution in [1.29, 1.82) is 0 Å². The highest BCUT2D eigenvalue weighted by Crippen LogP contribution is 2.30. The molecule has 0 bridgehead atoms. The van der Waals surface area contributed by atoms with Crippen molar-refractivity contribution in [3.63, 3.8) is 0 Å². The lowest BCUT2D eigenvalue weighted by molar-refractivity contribution is -0.131. The molecule has 76 valence electrons. The van der Waals surface area contributed by atoms with Crippen molar-refractivity contribution in [2.24, 2.45) is 11.7 Å². The predicted octanol–water partition coefficient (Wildman–Crippen LogP) is 1.05. The van der Waals surface area contributed by atoms with Crippen LogP contribution in [0.1, 0.15) is 11.3 Å². The summed E-state index contributed by atoms with van der Waals surface area (Å²) < 4.78 is 0. The van der Waals surface area contributed by atoms with E-state index in [9.17, 15) is 4.79 Å². The van der Waals surface area contributed by atoms with Gasteiger partial charge in [-0.05, 0) is 17.9 Å². The third-order valence-corrected chi connectivity index (χ3v) is 3.37. The minimum Gasteiger partial charge on any atom is -0.340 e. The van der Waals surface area contributed by atoms with Gasteiger partial charge in [0.2, 0.25) is 5.91 Å². The smallest absolute Gasteiger partial charge is 0.227 e. The minimum atomic E-state index is 0.0833. The molecule has 2 rings (SSSR count). The van der Waals surface area contributed by atoms with Crippen LogP contribution in [-0.4, -0.2) is 23.9 Å². The molecule has 1 fully saturated rings. The fourth-order valence-electron chi connectivity index (χ4n) is 1.50. The summed E-state index contributed by atoms with van der Waals surface area (Å²) >= 11 is 1.68. The van der Waals surface area contributed by atoms with Crippen LogP contribution in [0.15, 0.2) is 17.5 Å². The summed E-state index contributed by atoms with van der Waals surface area (Å²) in [5.41, 5.74) is 5.63. The molecule has 1 aromatic rings. The van der Waals surface area contributed by atoms with Gasteiger partial charge in [0.15, 0.2) is 0 Å². The molecule has 1 aromatic heterocycles. The van der Waals surface area contributed by atoms with E-state index in [0.717, 1.165) is 6.42 Å². The molecule has 0 saturated heterocycles. The monoisotopic (exact) mass is 210 g/mol. The summed E-state index contributed by atoms with van der Waals surface area (Å²) in [7, 11) is 1.84. The lowest BCUT2D eigenvalue weighted by Crippen LogP contribution is -2.29. The molecule has 4 heteroatoms. The first-order valence-electron chi connectivity index (χ1n) is 4.71. The van der Waals surface area contributed by atoms with Crippen molar-refractivity contribution >= 4 is 17.2 Å². The standard InChI is InChI=1S/C10H14N2OS/c1-12(6-7-3-2-4-14-7)10(13)8-5-9(8)11/h2-4,8-9H,5-6,11H2,1H3. The normalized spacial score (nSPS) is 24.7. The average molecular weight is 210 g/mol. The molecule has 0 aliphatic heterocycles. The summed E-state index contributed by atoms with van der Waals surface area (Å²) in [6.07, 6.45) is 0.855. The summed E-state index contributed by atoms with van der Waals surface area (Å²) in [5.74, 6) is 0.269. The van der Waals surface area contributed by atoms with Gasteiger partial charge in [-0.3, -0.25) is 4.79 Å². The van der Waals surface area contributed by atoms with Crippen LogP contribution in [0, 0.1) is 5.92 Å². The Balaban J connectivity index is 1.89. The van der Waals surface area contributed by atoms with Crippen LogP contribution in [0.4, 0.5) is 0 Å². The van der Waals surface area contributed by atoms with Gasteiger partial charge in [0.05, 0.1) is 12.5 Å². The number of hydrogen-bond acceptors (Lipinski definition) is 3. The van der Waals surface area contributed by atoms with E-state index in [1.807, 2.05) is 24.6 Å². The molecule has 0 spiro atoms. The van der Waals surface area contributed by atoms with Crippen LogP contribution >= 0.6 is 11.3 Å². The van der Waals surface area contributed by atoms with Crippen molar-refractivity contribution in [1.82, 2.24) is 4.90 Å². The summed E-state index contributed by atoms with van der Waals surface area (Å²) in [5, 5.41) is 2.02. The van der Waals surface area contributed by atoms with Crippen molar-refractivity contribution < 1.29 is 4.79 Å². The molecular weight excluding hydrogens is 196 g/mol. The summed E-state index contributed by atoms with van der Waals surface area (Å²) in [4.78, 5) is 14.7. The third kappa shape index (κ3) is 1.96. The van der Waals surface area contributed by atoms with Crippen molar-refractivity contribution in [2.45, 2.75) is 19.0 Å². The number of carbonyl (C=O) groups is 1. The maximum Gasteiger partial charge on any atom is 0.227 e. The second-order valence-electron chi connectivity index (χ2n) is 3.78. The van der Waals surface area contributed by atoms with Gasteiger partial charge >= 0.3 is 0 Å². The first-order chi connectivity index (χ1) is 6.68. The van der Waals surface area contributed by atoms with Crippen LogP contribution in [0.5, 0.6) is 0 Å². The maximum absolute atomic E-state index is 11.7. The fourth-order valence-corrected chi connectivity index (χ4v) is 2.25. The molecule has 1 heterocycles. The lowest BCUT2D eigenvalue weighted by Gasteiger charge is -2.15. The topological polar surface area (TPSA) is 46.3 Å². The third-order valence-electron chi connectivity index (χ3n) is 2.51. The fraction of sp³-hybridized carbons (Fsp3) is 0.500. The number of nitrogens with zero attached hydrogens (tertiary/aromatic N) is 1. The first-order valence-corrected chi connectivity index (χ1v) is 5.59. The molecule has 14 heavy (non-hydrogen) atoms. The van der Waals surface area contributed by atoms with E-state index in [-0.39, 0.29) is 17.9 Å². The van der Waals surface area contributed by atoms with Crippen LogP contribution in [0.2, 0.25) is 0 Å². The SMILES string of the molecule is CN(Cc1cccs1)C(=O)C1CC1N. The molecule has 3 nitrogen and oxygen atoms in total. The number of carbonyl (C=O) groups excluding carboxylic acids is 1. The molecule has 1 aliphatic carbocycles. The second-order valence-corrected chi connectivity index (χ2v) is 4.81. The Kier molecular flexibility index (Phi) is 2.56. The Labute approximate surface area is 87.5 Å². The number of amides is 1. The van der Waals surface area contributed by atoms with E-state index >= 15 is 0 Å². The maximum atomic E-state index is 11.7. The van der Waals surface area contributed by atoms with Crippen LogP contribution in [0.25, 0.3) is 0 Å². The second kappa shape index (κ2) is 3.71. The van der Waals surface area contributed by atoms with Crippen molar-refractivity contribution in [3.8, 4) is 0 Å². The molecular formula is C10H14N2OS. The zero-order valence-electron chi connectivity index (χ0n) is 8.14. The molecule has 1 amide bonds. The summed E-state index contributed by atoms with van der Waals surface area (Å²) in [6.45, 7) is 0.708. The van der Waals surface area contributed by atoms with Gasteiger partial charge in [-0.1, -0.05) is 6.07 Å². The number of thiophene rings is 1. The van der Waals surface area contributed by atoms with E-state index in [4.69, 9.17) is 5.73 Å². The van der Waals surface area contributed by atoms with Gasteiger partial charge in [-0.2, -0.15) is 0 Å². The van der Waals surface area contributed by atoms with E-state index in [1.165, 1.54) is 4.88 Å². The highest BCUT2D eigenvalue weighted by molar-refractivity contribution is 7.09. The van der Waals surface area contributed by atoms with E-state index in [2.05, 4.69) is 0 Å². The molecule has 2 N–H and O–H groups in total. The van der Waals surface area contributed by atoms with Gasteiger partial charge in [-0.25, -0.2) is 0 Å². The van der Waals surface area contributed by atoms with Crippen LogP contribution in [0.3, 0.4) is 0 Å². The van der Waals surface area contributed by atoms with Gasteiger partial charge in [0.1, 0.15) is 0 Å². The Morgan fingerprint density at radius 1 is 1.79 bits per heavy atom. The van der Waals surface area contributed by atoms with E-state index in [0.29, 0.717) is 6.54 Å². The zero-order valence-corrected chi connectivity index (χ0v) is 8.96. The van der Waals surface area contributed by atoms with Crippen LogP contribution in [-0.2, 0) is 11.3 Å². The molecule has 1 saturated carbocycles. The minimum absolute atomic E-state index is 0.0833. The summed E-state index contributed by atoms with van der Waals surface area (Å²) in [6, 6.07) is 4.15. The largest absolute Gasteiger partial charge is 0.340 e. The number of hydrogen-bond donors (Lipinski definition) is 1. The van der Waals surface area contributed by atoms with Crippen molar-refractivity contribution in [2.75, 3.05) is 7.05 Å².